The lowest BCUT2D eigenvalue weighted by Crippen LogP contribution is -2.40. The van der Waals surface area contributed by atoms with Gasteiger partial charge in [0.25, 0.3) is 0 Å². The molecule has 1 rings (SSSR count). The molecule has 3 N–H and O–H groups in total. The SMILES string of the molecule is CCN(CC)CCC(Cc1cc(C)nn1C)NN. The summed E-state index contributed by atoms with van der Waals surface area (Å²) in [4.78, 5) is 2.42. The Labute approximate surface area is 110 Å². The van der Waals surface area contributed by atoms with Crippen LogP contribution < -0.4 is 11.3 Å². The number of nitrogens with zero attached hydrogens (tertiary/aromatic N) is 3. The van der Waals surface area contributed by atoms with Crippen molar-refractivity contribution < 1.29 is 0 Å². The fraction of sp³-hybridized carbons (Fsp3) is 0.769. The van der Waals surface area contributed by atoms with E-state index in [1.807, 2.05) is 18.7 Å². The zero-order valence-electron chi connectivity index (χ0n) is 12.1. The Hall–Kier alpha value is -0.910. The van der Waals surface area contributed by atoms with Crippen molar-refractivity contribution in [3.05, 3.63) is 17.5 Å². The third kappa shape index (κ3) is 4.40. The molecule has 0 aliphatic rings. The predicted octanol–water partition coefficient (Wildman–Crippen LogP) is 0.835. The van der Waals surface area contributed by atoms with E-state index in [2.05, 4.69) is 35.3 Å². The fourth-order valence-electron chi connectivity index (χ4n) is 2.23. The smallest absolute Gasteiger partial charge is 0.0596 e. The van der Waals surface area contributed by atoms with Crippen LogP contribution in [0.4, 0.5) is 0 Å². The summed E-state index contributed by atoms with van der Waals surface area (Å²) < 4.78 is 1.94. The molecule has 1 heterocycles. The highest BCUT2D eigenvalue weighted by molar-refractivity contribution is 5.10. The first-order valence-electron chi connectivity index (χ1n) is 6.78. The van der Waals surface area contributed by atoms with Gasteiger partial charge >= 0.3 is 0 Å². The standard InChI is InChI=1S/C13H27N5/c1-5-18(6-2)8-7-12(15-14)10-13-9-11(3)16-17(13)4/h9,12,15H,5-8,10,14H2,1-4H3. The van der Waals surface area contributed by atoms with Gasteiger partial charge < -0.3 is 4.90 Å². The minimum Gasteiger partial charge on any atom is -0.304 e. The molecule has 0 aliphatic heterocycles. The molecule has 0 aliphatic carbocycles. The summed E-state index contributed by atoms with van der Waals surface area (Å²) in [7, 11) is 1.99. The van der Waals surface area contributed by atoms with Crippen LogP contribution >= 0.6 is 0 Å². The van der Waals surface area contributed by atoms with Crippen molar-refractivity contribution >= 4 is 0 Å². The van der Waals surface area contributed by atoms with E-state index in [0.717, 1.165) is 38.2 Å². The summed E-state index contributed by atoms with van der Waals surface area (Å²) >= 11 is 0. The van der Waals surface area contributed by atoms with Gasteiger partial charge in [0, 0.05) is 25.2 Å². The summed E-state index contributed by atoms with van der Waals surface area (Å²) in [5.74, 6) is 5.65. The van der Waals surface area contributed by atoms with E-state index in [-0.39, 0.29) is 0 Å². The molecule has 5 nitrogen and oxygen atoms in total. The van der Waals surface area contributed by atoms with Crippen LogP contribution in [0.5, 0.6) is 0 Å². The zero-order chi connectivity index (χ0) is 13.5. The quantitative estimate of drug-likeness (QED) is 0.532. The van der Waals surface area contributed by atoms with Crippen LogP contribution in [0, 0.1) is 6.92 Å². The van der Waals surface area contributed by atoms with Gasteiger partial charge in [0.2, 0.25) is 0 Å². The van der Waals surface area contributed by atoms with Crippen molar-refractivity contribution in [2.45, 2.75) is 39.7 Å². The van der Waals surface area contributed by atoms with E-state index in [0.29, 0.717) is 6.04 Å². The minimum absolute atomic E-state index is 0.306. The Morgan fingerprint density at radius 2 is 2.11 bits per heavy atom. The highest BCUT2D eigenvalue weighted by Crippen LogP contribution is 2.07. The Bertz CT molecular complexity index is 343. The second-order valence-corrected chi connectivity index (χ2v) is 4.78. The van der Waals surface area contributed by atoms with Gasteiger partial charge in [0.05, 0.1) is 5.69 Å². The molecule has 1 unspecified atom stereocenters. The molecule has 1 atom stereocenters. The zero-order valence-corrected chi connectivity index (χ0v) is 12.1. The molecule has 5 heteroatoms. The van der Waals surface area contributed by atoms with Gasteiger partial charge in [-0.15, -0.1) is 0 Å². The largest absolute Gasteiger partial charge is 0.304 e. The van der Waals surface area contributed by atoms with Crippen LogP contribution in [0.25, 0.3) is 0 Å². The average Bonchev–Trinajstić information content (AvgIpc) is 2.67. The molecule has 0 amide bonds. The molecule has 0 spiro atoms. The average molecular weight is 253 g/mol. The minimum atomic E-state index is 0.306. The molecular formula is C13H27N5. The summed E-state index contributed by atoms with van der Waals surface area (Å²) in [6.45, 7) is 9.68. The lowest BCUT2D eigenvalue weighted by Gasteiger charge is -2.22. The van der Waals surface area contributed by atoms with Gasteiger partial charge in [-0.25, -0.2) is 0 Å². The molecule has 0 bridgehead atoms. The summed E-state index contributed by atoms with van der Waals surface area (Å²) in [6.07, 6.45) is 1.98. The number of hydrogen-bond acceptors (Lipinski definition) is 4. The van der Waals surface area contributed by atoms with Crippen LogP contribution in [0.2, 0.25) is 0 Å². The number of aryl methyl sites for hydroxylation is 2. The number of nitrogens with two attached hydrogens (primary N) is 1. The monoisotopic (exact) mass is 253 g/mol. The molecule has 1 aromatic heterocycles. The normalized spacial score (nSPS) is 13.2. The molecule has 0 aromatic carbocycles. The molecule has 0 fully saturated rings. The number of aromatic nitrogens is 2. The summed E-state index contributed by atoms with van der Waals surface area (Å²) in [5.41, 5.74) is 5.22. The number of hydrogen-bond donors (Lipinski definition) is 2. The van der Waals surface area contributed by atoms with Crippen LogP contribution in [0.15, 0.2) is 6.07 Å². The van der Waals surface area contributed by atoms with E-state index in [4.69, 9.17) is 5.84 Å². The molecule has 0 radical (unpaired) electrons. The van der Waals surface area contributed by atoms with E-state index < -0.39 is 0 Å². The number of nitrogens with one attached hydrogen (secondary N) is 1. The van der Waals surface area contributed by atoms with Gasteiger partial charge in [-0.05, 0) is 39.0 Å². The van der Waals surface area contributed by atoms with Crippen LogP contribution in [-0.2, 0) is 13.5 Å². The van der Waals surface area contributed by atoms with Gasteiger partial charge in [-0.3, -0.25) is 16.0 Å². The first-order chi connectivity index (χ1) is 8.60. The van der Waals surface area contributed by atoms with Crippen molar-refractivity contribution in [1.82, 2.24) is 20.1 Å². The molecular weight excluding hydrogens is 226 g/mol. The third-order valence-electron chi connectivity index (χ3n) is 3.48. The summed E-state index contributed by atoms with van der Waals surface area (Å²) in [5, 5.41) is 4.36. The lowest BCUT2D eigenvalue weighted by molar-refractivity contribution is 0.280. The Kier molecular flexibility index (Phi) is 6.32. The second kappa shape index (κ2) is 7.51. The Balaban J connectivity index is 2.49. The van der Waals surface area contributed by atoms with Gasteiger partial charge in [0.15, 0.2) is 0 Å². The van der Waals surface area contributed by atoms with Crippen molar-refractivity contribution in [1.29, 1.82) is 0 Å². The highest BCUT2D eigenvalue weighted by Gasteiger charge is 2.12. The first kappa shape index (κ1) is 15.1. The number of hydrazine groups is 1. The van der Waals surface area contributed by atoms with Crippen molar-refractivity contribution in [2.24, 2.45) is 12.9 Å². The van der Waals surface area contributed by atoms with Crippen molar-refractivity contribution in [3.63, 3.8) is 0 Å². The van der Waals surface area contributed by atoms with Crippen LogP contribution in [-0.4, -0.2) is 40.4 Å². The lowest BCUT2D eigenvalue weighted by atomic mass is 10.1. The number of rotatable bonds is 8. The van der Waals surface area contributed by atoms with E-state index in [1.165, 1.54) is 5.69 Å². The van der Waals surface area contributed by atoms with Gasteiger partial charge in [-0.2, -0.15) is 5.10 Å². The van der Waals surface area contributed by atoms with Gasteiger partial charge in [0.1, 0.15) is 0 Å². The topological polar surface area (TPSA) is 59.1 Å². The van der Waals surface area contributed by atoms with Crippen LogP contribution in [0.3, 0.4) is 0 Å². The van der Waals surface area contributed by atoms with Gasteiger partial charge in [-0.1, -0.05) is 13.8 Å². The third-order valence-corrected chi connectivity index (χ3v) is 3.48. The molecule has 18 heavy (non-hydrogen) atoms. The molecule has 104 valence electrons. The molecule has 0 saturated heterocycles. The molecule has 0 saturated carbocycles. The maximum atomic E-state index is 5.65. The summed E-state index contributed by atoms with van der Waals surface area (Å²) in [6, 6.07) is 2.43. The fourth-order valence-corrected chi connectivity index (χ4v) is 2.23. The maximum absolute atomic E-state index is 5.65. The van der Waals surface area contributed by atoms with E-state index >= 15 is 0 Å². The van der Waals surface area contributed by atoms with E-state index in [1.54, 1.807) is 0 Å². The second-order valence-electron chi connectivity index (χ2n) is 4.78. The van der Waals surface area contributed by atoms with Crippen molar-refractivity contribution in [2.75, 3.05) is 19.6 Å². The predicted molar refractivity (Wildman–Crippen MR) is 75.2 cm³/mol. The molecule has 1 aromatic rings. The Morgan fingerprint density at radius 3 is 2.56 bits per heavy atom. The van der Waals surface area contributed by atoms with Crippen LogP contribution in [0.1, 0.15) is 31.7 Å². The van der Waals surface area contributed by atoms with E-state index in [9.17, 15) is 0 Å². The first-order valence-corrected chi connectivity index (χ1v) is 6.78. The highest BCUT2D eigenvalue weighted by atomic mass is 15.3. The Morgan fingerprint density at radius 1 is 1.44 bits per heavy atom. The maximum Gasteiger partial charge on any atom is 0.0596 e. The van der Waals surface area contributed by atoms with Crippen molar-refractivity contribution in [3.8, 4) is 0 Å².